The molecule has 4 heteroatoms. The monoisotopic (exact) mass is 368 g/mol. The Morgan fingerprint density at radius 1 is 1.04 bits per heavy atom. The predicted molar refractivity (Wildman–Crippen MR) is 108 cm³/mol. The number of benzene rings is 2. The van der Waals surface area contributed by atoms with Crippen LogP contribution in [-0.2, 0) is 22.6 Å². The van der Waals surface area contributed by atoms with Gasteiger partial charge in [0, 0.05) is 0 Å². The molecule has 0 atom stereocenters. The van der Waals surface area contributed by atoms with E-state index in [0.29, 0.717) is 19.7 Å². The molecule has 144 valence electrons. The van der Waals surface area contributed by atoms with E-state index in [-0.39, 0.29) is 0 Å². The van der Waals surface area contributed by atoms with Gasteiger partial charge in [0.25, 0.3) is 6.47 Å². The largest absolute Gasteiger partial charge is 0.497 e. The zero-order chi connectivity index (χ0) is 19.5. The van der Waals surface area contributed by atoms with Crippen LogP contribution in [0.4, 0.5) is 0 Å². The molecule has 0 aromatic heterocycles. The molecule has 1 aliphatic rings. The van der Waals surface area contributed by atoms with Gasteiger partial charge in [0.1, 0.15) is 18.1 Å². The highest BCUT2D eigenvalue weighted by atomic mass is 16.5. The number of allylic oxidation sites excluding steroid dienone is 2. The summed E-state index contributed by atoms with van der Waals surface area (Å²) >= 11 is 0. The first-order valence-corrected chi connectivity index (χ1v) is 9.31. The van der Waals surface area contributed by atoms with E-state index in [4.69, 9.17) is 9.47 Å². The molecule has 4 nitrogen and oxygen atoms in total. The van der Waals surface area contributed by atoms with Crippen LogP contribution < -0.4 is 9.47 Å². The summed E-state index contributed by atoms with van der Waals surface area (Å²) in [6.45, 7) is 5.37. The van der Waals surface area contributed by atoms with Crippen LogP contribution >= 0.6 is 0 Å². The molecule has 2 aromatic rings. The Balaban J connectivity index is 0.000000465. The summed E-state index contributed by atoms with van der Waals surface area (Å²) in [5.74, 6) is 1.82. The average Bonchev–Trinajstić information content (AvgIpc) is 2.73. The lowest BCUT2D eigenvalue weighted by Crippen LogP contribution is -2.03. The summed E-state index contributed by atoms with van der Waals surface area (Å²) in [6.07, 6.45) is 5.80. The highest BCUT2D eigenvalue weighted by Gasteiger charge is 2.14. The summed E-state index contributed by atoms with van der Waals surface area (Å²) in [6, 6.07) is 14.5. The summed E-state index contributed by atoms with van der Waals surface area (Å²) in [4.78, 5) is 9.18. The zero-order valence-electron chi connectivity index (χ0n) is 16.4. The Kier molecular flexibility index (Phi) is 8.43. The first kappa shape index (κ1) is 20.6. The van der Waals surface area contributed by atoms with E-state index in [1.807, 2.05) is 24.3 Å². The van der Waals surface area contributed by atoms with Gasteiger partial charge in [-0.1, -0.05) is 24.3 Å². The molecule has 2 aromatic carbocycles. The Labute approximate surface area is 161 Å². The normalized spacial score (nSPS) is 13.8. The van der Waals surface area contributed by atoms with E-state index >= 15 is 0 Å². The molecule has 0 radical (unpaired) electrons. The van der Waals surface area contributed by atoms with Crippen molar-refractivity contribution in [3.63, 3.8) is 0 Å². The Hall–Kier alpha value is -2.75. The van der Waals surface area contributed by atoms with Crippen molar-refractivity contribution in [2.45, 2.75) is 39.7 Å². The van der Waals surface area contributed by atoms with Gasteiger partial charge in [-0.2, -0.15) is 0 Å². The van der Waals surface area contributed by atoms with Crippen molar-refractivity contribution < 1.29 is 19.0 Å². The first-order valence-electron chi connectivity index (χ1n) is 9.31. The maximum Gasteiger partial charge on any atom is 0.293 e. The molecule has 0 N–H and O–H groups in total. The van der Waals surface area contributed by atoms with E-state index < -0.39 is 0 Å². The van der Waals surface area contributed by atoms with Gasteiger partial charge < -0.3 is 14.2 Å². The number of hydrogen-bond acceptors (Lipinski definition) is 4. The Morgan fingerprint density at radius 3 is 2.37 bits per heavy atom. The van der Waals surface area contributed by atoms with Crippen LogP contribution in [0.25, 0.3) is 5.57 Å². The Bertz CT molecular complexity index is 747. The summed E-state index contributed by atoms with van der Waals surface area (Å²) in [7, 11) is 1.68. The molecule has 0 amide bonds. The topological polar surface area (TPSA) is 44.8 Å². The van der Waals surface area contributed by atoms with Gasteiger partial charge in [-0.25, -0.2) is 0 Å². The smallest absolute Gasteiger partial charge is 0.293 e. The standard InChI is InChI=1S/C20H22O2.C3H6O2/c1-3-16-5-4-6-17-13-19(11-12-20(16)17)22-14-15-7-9-18(21-2)10-8-15;1-2-5-3-4/h3,7-13H,4-6,14H2,1-2H3;3H,2H2,1H3/b16-3+;. The molecule has 0 unspecified atom stereocenters. The number of carbonyl (C=O) groups excluding carboxylic acids is 1. The molecule has 0 saturated carbocycles. The molecule has 0 bridgehead atoms. The van der Waals surface area contributed by atoms with Crippen molar-refractivity contribution >= 4 is 12.0 Å². The molecular formula is C23H28O4. The van der Waals surface area contributed by atoms with Crippen LogP contribution in [0.5, 0.6) is 11.5 Å². The SMILES string of the molecule is C/C=C1\CCCc2cc(OCc3ccc(OC)cc3)ccc21.CCOC=O. The van der Waals surface area contributed by atoms with Crippen LogP contribution in [0.15, 0.2) is 48.5 Å². The quantitative estimate of drug-likeness (QED) is 0.658. The second-order valence-corrected chi connectivity index (χ2v) is 6.17. The second-order valence-electron chi connectivity index (χ2n) is 6.17. The molecular weight excluding hydrogens is 340 g/mol. The third-order valence-corrected chi connectivity index (χ3v) is 4.46. The summed E-state index contributed by atoms with van der Waals surface area (Å²) in [5.41, 5.74) is 5.41. The molecule has 0 heterocycles. The van der Waals surface area contributed by atoms with Crippen LogP contribution in [-0.4, -0.2) is 20.2 Å². The number of hydrogen-bond donors (Lipinski definition) is 0. The van der Waals surface area contributed by atoms with Gasteiger partial charge in [-0.15, -0.1) is 0 Å². The molecule has 0 spiro atoms. The maximum atomic E-state index is 9.18. The van der Waals surface area contributed by atoms with Crippen molar-refractivity contribution in [1.29, 1.82) is 0 Å². The van der Waals surface area contributed by atoms with Gasteiger partial charge >= 0.3 is 0 Å². The van der Waals surface area contributed by atoms with E-state index in [2.05, 4.69) is 35.9 Å². The fourth-order valence-electron chi connectivity index (χ4n) is 3.04. The highest BCUT2D eigenvalue weighted by molar-refractivity contribution is 5.70. The Morgan fingerprint density at radius 2 is 1.78 bits per heavy atom. The minimum absolute atomic E-state index is 0.431. The number of methoxy groups -OCH3 is 1. The number of rotatable bonds is 6. The van der Waals surface area contributed by atoms with Gasteiger partial charge in [0.05, 0.1) is 13.7 Å². The molecule has 0 fully saturated rings. The van der Waals surface area contributed by atoms with Crippen molar-refractivity contribution in [2.75, 3.05) is 13.7 Å². The minimum atomic E-state index is 0.431. The number of aryl methyl sites for hydroxylation is 1. The van der Waals surface area contributed by atoms with E-state index in [9.17, 15) is 4.79 Å². The van der Waals surface area contributed by atoms with Crippen molar-refractivity contribution in [1.82, 2.24) is 0 Å². The van der Waals surface area contributed by atoms with Gasteiger partial charge in [-0.3, -0.25) is 4.79 Å². The number of carbonyl (C=O) groups is 1. The van der Waals surface area contributed by atoms with Gasteiger partial charge in [-0.05, 0) is 79.6 Å². The van der Waals surface area contributed by atoms with Crippen LogP contribution in [0.3, 0.4) is 0 Å². The van der Waals surface area contributed by atoms with Gasteiger partial charge in [0.2, 0.25) is 0 Å². The van der Waals surface area contributed by atoms with E-state index in [0.717, 1.165) is 23.5 Å². The third-order valence-electron chi connectivity index (χ3n) is 4.46. The molecule has 27 heavy (non-hydrogen) atoms. The minimum Gasteiger partial charge on any atom is -0.497 e. The van der Waals surface area contributed by atoms with Crippen LogP contribution in [0.2, 0.25) is 0 Å². The fourth-order valence-corrected chi connectivity index (χ4v) is 3.04. The lowest BCUT2D eigenvalue weighted by molar-refractivity contribution is -0.128. The molecule has 0 aliphatic heterocycles. The zero-order valence-corrected chi connectivity index (χ0v) is 16.4. The van der Waals surface area contributed by atoms with Crippen molar-refractivity contribution in [2.24, 2.45) is 0 Å². The summed E-state index contributed by atoms with van der Waals surface area (Å²) < 4.78 is 15.3. The number of fused-ring (bicyclic) bond motifs is 1. The van der Waals surface area contributed by atoms with Crippen LogP contribution in [0.1, 0.15) is 43.4 Å². The lowest BCUT2D eigenvalue weighted by Gasteiger charge is -2.20. The highest BCUT2D eigenvalue weighted by Crippen LogP contribution is 2.33. The summed E-state index contributed by atoms with van der Waals surface area (Å²) in [5, 5.41) is 0. The lowest BCUT2D eigenvalue weighted by atomic mass is 9.87. The van der Waals surface area contributed by atoms with Gasteiger partial charge in [0.15, 0.2) is 0 Å². The average molecular weight is 368 g/mol. The number of ether oxygens (including phenoxy) is 3. The van der Waals surface area contributed by atoms with E-state index in [1.54, 1.807) is 14.0 Å². The van der Waals surface area contributed by atoms with Crippen molar-refractivity contribution in [3.8, 4) is 11.5 Å². The second kappa shape index (κ2) is 11.1. The maximum absolute atomic E-state index is 9.18. The van der Waals surface area contributed by atoms with Crippen LogP contribution in [0, 0.1) is 0 Å². The van der Waals surface area contributed by atoms with Crippen molar-refractivity contribution in [3.05, 3.63) is 65.2 Å². The van der Waals surface area contributed by atoms with E-state index in [1.165, 1.54) is 29.5 Å². The first-order chi connectivity index (χ1) is 13.2. The predicted octanol–water partition coefficient (Wildman–Crippen LogP) is 5.19. The fraction of sp³-hybridized carbons (Fsp3) is 0.348. The molecule has 1 aliphatic carbocycles. The molecule has 0 saturated heterocycles. The third kappa shape index (κ3) is 6.17. The molecule has 3 rings (SSSR count).